The maximum Gasteiger partial charge on any atom is 0.173 e. The van der Waals surface area contributed by atoms with Gasteiger partial charge in [-0.3, -0.25) is 0 Å². The average Bonchev–Trinajstić information content (AvgIpc) is 2.51. The van der Waals surface area contributed by atoms with Crippen LogP contribution >= 0.6 is 0 Å². The fourth-order valence-corrected chi connectivity index (χ4v) is 2.50. The van der Waals surface area contributed by atoms with Crippen molar-refractivity contribution in [3.05, 3.63) is 65.5 Å². The van der Waals surface area contributed by atoms with Crippen molar-refractivity contribution in [1.82, 2.24) is 0 Å². The van der Waals surface area contributed by atoms with Crippen LogP contribution in [-0.2, 0) is 6.54 Å². The molecule has 0 spiro atoms. The third-order valence-electron chi connectivity index (χ3n) is 3.82. The highest BCUT2D eigenvalue weighted by Crippen LogP contribution is 2.21. The van der Waals surface area contributed by atoms with E-state index in [9.17, 15) is 0 Å². The lowest BCUT2D eigenvalue weighted by molar-refractivity contribution is -0.688. The summed E-state index contributed by atoms with van der Waals surface area (Å²) in [5.74, 6) is 0.666. The number of pyridine rings is 1. The van der Waals surface area contributed by atoms with Gasteiger partial charge in [-0.05, 0) is 36.5 Å². The molecule has 0 N–H and O–H groups in total. The maximum atomic E-state index is 8.79. The minimum absolute atomic E-state index is 0.666. The van der Waals surface area contributed by atoms with Gasteiger partial charge in [-0.2, -0.15) is 5.26 Å². The molecule has 2 nitrogen and oxygen atoms in total. The predicted octanol–water partition coefficient (Wildman–Crippen LogP) is 3.80. The zero-order valence-electron chi connectivity index (χ0n) is 12.2. The number of benzene rings is 1. The molecule has 0 aliphatic carbocycles. The van der Waals surface area contributed by atoms with Crippen LogP contribution in [0.2, 0.25) is 0 Å². The van der Waals surface area contributed by atoms with Crippen molar-refractivity contribution in [1.29, 1.82) is 5.26 Å². The summed E-state index contributed by atoms with van der Waals surface area (Å²) in [7, 11) is 0. The van der Waals surface area contributed by atoms with E-state index in [2.05, 4.69) is 49.0 Å². The highest BCUT2D eigenvalue weighted by atomic mass is 14.9. The number of aromatic nitrogens is 1. The molecule has 1 aromatic heterocycles. The molecule has 0 saturated heterocycles. The van der Waals surface area contributed by atoms with Crippen LogP contribution < -0.4 is 4.57 Å². The zero-order chi connectivity index (χ0) is 14.4. The standard InChI is InChI=1S/C18H21N2/c1-3-17(4-2)18-9-11-20(12-10-18)14-16-7-5-15(13-19)6-8-16/h5-12,17H,3-4,14H2,1-2H3/q+1. The third-order valence-corrected chi connectivity index (χ3v) is 3.82. The van der Waals surface area contributed by atoms with Crippen molar-refractivity contribution in [3.8, 4) is 6.07 Å². The summed E-state index contributed by atoms with van der Waals surface area (Å²) >= 11 is 0. The van der Waals surface area contributed by atoms with Crippen LogP contribution in [0, 0.1) is 11.3 Å². The number of nitriles is 1. The fraction of sp³-hybridized carbons (Fsp3) is 0.333. The van der Waals surface area contributed by atoms with Gasteiger partial charge in [0, 0.05) is 17.7 Å². The molecule has 0 amide bonds. The Balaban J connectivity index is 2.08. The molecule has 0 unspecified atom stereocenters. The molecule has 0 bridgehead atoms. The van der Waals surface area contributed by atoms with Crippen LogP contribution in [0.4, 0.5) is 0 Å². The average molecular weight is 265 g/mol. The Morgan fingerprint density at radius 3 is 2.10 bits per heavy atom. The first kappa shape index (κ1) is 14.3. The van der Waals surface area contributed by atoms with Crippen molar-refractivity contribution in [2.75, 3.05) is 0 Å². The Bertz CT molecular complexity index is 572. The van der Waals surface area contributed by atoms with E-state index in [4.69, 9.17) is 5.26 Å². The minimum Gasteiger partial charge on any atom is -0.201 e. The number of hydrogen-bond acceptors (Lipinski definition) is 1. The summed E-state index contributed by atoms with van der Waals surface area (Å²) in [4.78, 5) is 0. The second-order valence-electron chi connectivity index (χ2n) is 5.13. The molecule has 2 rings (SSSR count). The van der Waals surface area contributed by atoms with Crippen molar-refractivity contribution in [3.63, 3.8) is 0 Å². The molecule has 0 aliphatic heterocycles. The van der Waals surface area contributed by atoms with E-state index in [-0.39, 0.29) is 0 Å². The third kappa shape index (κ3) is 3.45. The molecule has 0 saturated carbocycles. The normalized spacial score (nSPS) is 10.5. The van der Waals surface area contributed by atoms with E-state index in [1.807, 2.05) is 24.3 Å². The molecule has 2 heteroatoms. The van der Waals surface area contributed by atoms with Crippen LogP contribution in [0.15, 0.2) is 48.8 Å². The summed E-state index contributed by atoms with van der Waals surface area (Å²) in [5, 5.41) is 8.79. The van der Waals surface area contributed by atoms with Crippen LogP contribution in [0.1, 0.15) is 49.3 Å². The summed E-state index contributed by atoms with van der Waals surface area (Å²) in [6.45, 7) is 5.33. The van der Waals surface area contributed by atoms with Gasteiger partial charge >= 0.3 is 0 Å². The lowest BCUT2D eigenvalue weighted by Crippen LogP contribution is -2.33. The van der Waals surface area contributed by atoms with E-state index in [1.165, 1.54) is 24.0 Å². The number of hydrogen-bond donors (Lipinski definition) is 0. The van der Waals surface area contributed by atoms with E-state index in [1.54, 1.807) is 0 Å². The molecular formula is C18H21N2+. The van der Waals surface area contributed by atoms with Crippen molar-refractivity contribution in [2.24, 2.45) is 0 Å². The molecule has 0 aliphatic rings. The summed E-state index contributed by atoms with van der Waals surface area (Å²) in [5.41, 5.74) is 3.35. The summed E-state index contributed by atoms with van der Waals surface area (Å²) < 4.78 is 2.17. The summed E-state index contributed by atoms with van der Waals surface area (Å²) in [6.07, 6.45) is 6.67. The van der Waals surface area contributed by atoms with E-state index >= 15 is 0 Å². The molecule has 2 aromatic rings. The van der Waals surface area contributed by atoms with Crippen molar-refractivity contribution in [2.45, 2.75) is 39.2 Å². The lowest BCUT2D eigenvalue weighted by atomic mass is 9.95. The summed E-state index contributed by atoms with van der Waals surface area (Å²) in [6, 6.07) is 14.4. The predicted molar refractivity (Wildman–Crippen MR) is 80.2 cm³/mol. The van der Waals surface area contributed by atoms with Gasteiger partial charge in [0.25, 0.3) is 0 Å². The number of nitrogens with zero attached hydrogens (tertiary/aromatic N) is 2. The number of rotatable bonds is 5. The highest BCUT2D eigenvalue weighted by molar-refractivity contribution is 5.31. The van der Waals surface area contributed by atoms with Crippen LogP contribution in [-0.4, -0.2) is 0 Å². The quantitative estimate of drug-likeness (QED) is 0.756. The molecule has 20 heavy (non-hydrogen) atoms. The van der Waals surface area contributed by atoms with Crippen LogP contribution in [0.25, 0.3) is 0 Å². The molecule has 1 heterocycles. The molecule has 0 fully saturated rings. The van der Waals surface area contributed by atoms with Crippen LogP contribution in [0.3, 0.4) is 0 Å². The Labute approximate surface area is 121 Å². The molecule has 0 atom stereocenters. The van der Waals surface area contributed by atoms with Crippen LogP contribution in [0.5, 0.6) is 0 Å². The van der Waals surface area contributed by atoms with Gasteiger partial charge in [0.15, 0.2) is 18.9 Å². The van der Waals surface area contributed by atoms with Gasteiger partial charge < -0.3 is 0 Å². The van der Waals surface area contributed by atoms with Gasteiger partial charge in [0.05, 0.1) is 11.6 Å². The smallest absolute Gasteiger partial charge is 0.173 e. The first-order valence-corrected chi connectivity index (χ1v) is 7.24. The van der Waals surface area contributed by atoms with E-state index in [0.29, 0.717) is 11.5 Å². The topological polar surface area (TPSA) is 27.7 Å². The SMILES string of the molecule is CCC(CC)c1cc[n+](Cc2ccc(C#N)cc2)cc1. The van der Waals surface area contributed by atoms with Crippen molar-refractivity contribution < 1.29 is 4.57 Å². The minimum atomic E-state index is 0.666. The lowest BCUT2D eigenvalue weighted by Gasteiger charge is -2.11. The fourth-order valence-electron chi connectivity index (χ4n) is 2.50. The molecule has 102 valence electrons. The Morgan fingerprint density at radius 2 is 1.60 bits per heavy atom. The Kier molecular flexibility index (Phi) is 4.90. The van der Waals surface area contributed by atoms with Gasteiger partial charge in [0.2, 0.25) is 0 Å². The largest absolute Gasteiger partial charge is 0.201 e. The van der Waals surface area contributed by atoms with Gasteiger partial charge in [-0.25, -0.2) is 4.57 Å². The zero-order valence-corrected chi connectivity index (χ0v) is 12.2. The van der Waals surface area contributed by atoms with E-state index in [0.717, 1.165) is 6.54 Å². The maximum absolute atomic E-state index is 8.79. The molecule has 0 radical (unpaired) electrons. The Morgan fingerprint density at radius 1 is 1.00 bits per heavy atom. The molecule has 1 aromatic carbocycles. The highest BCUT2D eigenvalue weighted by Gasteiger charge is 2.09. The van der Waals surface area contributed by atoms with Gasteiger partial charge in [-0.1, -0.05) is 26.0 Å². The van der Waals surface area contributed by atoms with E-state index < -0.39 is 0 Å². The second kappa shape index (κ2) is 6.86. The first-order chi connectivity index (χ1) is 9.76. The first-order valence-electron chi connectivity index (χ1n) is 7.24. The molecular weight excluding hydrogens is 244 g/mol. The second-order valence-corrected chi connectivity index (χ2v) is 5.13. The van der Waals surface area contributed by atoms with Gasteiger partial charge in [0.1, 0.15) is 0 Å². The Hall–Kier alpha value is -2.14. The monoisotopic (exact) mass is 265 g/mol. The van der Waals surface area contributed by atoms with Gasteiger partial charge in [-0.15, -0.1) is 0 Å². The van der Waals surface area contributed by atoms with Crippen molar-refractivity contribution >= 4 is 0 Å².